The summed E-state index contributed by atoms with van der Waals surface area (Å²) in [7, 11) is 0. The van der Waals surface area contributed by atoms with Crippen LogP contribution in [0.4, 0.5) is 4.79 Å². The number of ketones is 1. The molecule has 1 aliphatic heterocycles. The van der Waals surface area contributed by atoms with Gasteiger partial charge in [0, 0.05) is 38.5 Å². The predicted octanol–water partition coefficient (Wildman–Crippen LogP) is 4.39. The summed E-state index contributed by atoms with van der Waals surface area (Å²) in [6.45, 7) is 14.9. The van der Waals surface area contributed by atoms with Crippen LogP contribution in [-0.2, 0) is 47.6 Å². The normalized spacial score (nSPS) is 31.8. The van der Waals surface area contributed by atoms with E-state index >= 15 is 4.79 Å². The number of carbonyl (C=O) groups is 6. The molecule has 2 aromatic carbocycles. The molecule has 3 aliphatic carbocycles. The Morgan fingerprint density at radius 1 is 0.968 bits per heavy atom. The Morgan fingerprint density at radius 3 is 2.14 bits per heavy atom. The minimum Gasteiger partial charge on any atom is -0.456 e. The van der Waals surface area contributed by atoms with Crippen LogP contribution in [0.3, 0.4) is 0 Å². The number of ether oxygens (including phenoxy) is 6. The largest absolute Gasteiger partial charge is 0.456 e. The van der Waals surface area contributed by atoms with E-state index in [1.165, 1.54) is 26.0 Å². The van der Waals surface area contributed by atoms with Crippen LogP contribution in [0.15, 0.2) is 84.5 Å². The monoisotopic (exact) mass is 875 g/mol. The zero-order chi connectivity index (χ0) is 46.4. The second-order valence-electron chi connectivity index (χ2n) is 18.3. The number of hydrogen-bond acceptors (Lipinski definition) is 15. The Kier molecular flexibility index (Phi) is 12.9. The van der Waals surface area contributed by atoms with Gasteiger partial charge in [0.25, 0.3) is 0 Å². The molecule has 1 saturated heterocycles. The number of rotatable bonds is 12. The molecule has 2 saturated carbocycles. The second-order valence-corrected chi connectivity index (χ2v) is 18.3. The number of esters is 4. The van der Waals surface area contributed by atoms with Gasteiger partial charge in [-0.3, -0.25) is 14.4 Å². The Bertz CT molecular complexity index is 2170. The van der Waals surface area contributed by atoms with E-state index in [-0.39, 0.29) is 29.7 Å². The van der Waals surface area contributed by atoms with Gasteiger partial charge in [-0.25, -0.2) is 14.4 Å². The summed E-state index contributed by atoms with van der Waals surface area (Å²) in [6, 6.07) is 14.5. The van der Waals surface area contributed by atoms with E-state index in [1.807, 2.05) is 0 Å². The minimum atomic E-state index is -2.41. The van der Waals surface area contributed by atoms with Crippen molar-refractivity contribution in [3.05, 3.63) is 95.6 Å². The topological polar surface area (TPSA) is 231 Å². The van der Waals surface area contributed by atoms with Crippen LogP contribution in [0, 0.1) is 16.7 Å². The van der Waals surface area contributed by atoms with Gasteiger partial charge >= 0.3 is 30.0 Å². The van der Waals surface area contributed by atoms with Gasteiger partial charge in [-0.1, -0.05) is 68.5 Å². The first kappa shape index (κ1) is 47.1. The third-order valence-electron chi connectivity index (χ3n) is 13.4. The van der Waals surface area contributed by atoms with Crippen LogP contribution in [0.1, 0.15) is 96.6 Å². The number of amides is 1. The lowest BCUT2D eigenvalue weighted by molar-refractivity contribution is -0.346. The van der Waals surface area contributed by atoms with Crippen LogP contribution in [0.5, 0.6) is 0 Å². The third kappa shape index (κ3) is 8.29. The third-order valence-corrected chi connectivity index (χ3v) is 13.4. The predicted molar refractivity (Wildman–Crippen MR) is 222 cm³/mol. The molecule has 0 unspecified atom stereocenters. The first-order valence-corrected chi connectivity index (χ1v) is 20.9. The number of alkyl carbamates (subject to hydrolysis) is 1. The fraction of sp³-hybridized carbons (Fsp3) is 0.532. The van der Waals surface area contributed by atoms with Gasteiger partial charge in [0.05, 0.1) is 35.6 Å². The number of carbonyl (C=O) groups excluding carboxylic acids is 6. The highest BCUT2D eigenvalue weighted by Gasteiger charge is 2.78. The van der Waals surface area contributed by atoms with Crippen molar-refractivity contribution in [3.8, 4) is 0 Å². The maximum Gasteiger partial charge on any atom is 0.408 e. The molecule has 6 rings (SSSR count). The van der Waals surface area contributed by atoms with Crippen LogP contribution in [-0.4, -0.2) is 111 Å². The molecule has 0 spiro atoms. The standard InChI is InChI=1S/C47H57NO15/c1-10-21-43(5,6)63-42(56)48-34(28-17-13-11-14-18-28)35(52)41(55)60-30-23-47(57)39(61-40(54)29-19-15-12-16-20-29)37-45(9,31(51)22-32-46(37,24-58-32)62-27(4)50)38(53)36(59-26(3)49)33(25(30)2)44(47,7)8/h10-20,30-32,34-37,39,51-52,57H,1,21-24H2,2-9H3,(H,48,56)/t30-,31-,32+,34-,35+,36+,37-,39-,45+,46-,47+/m0/s1. The molecule has 2 aromatic rings. The summed E-state index contributed by atoms with van der Waals surface area (Å²) in [5.41, 5.74) is -8.42. The van der Waals surface area contributed by atoms with Crippen molar-refractivity contribution in [3.63, 3.8) is 0 Å². The molecule has 63 heavy (non-hydrogen) atoms. The average molecular weight is 876 g/mol. The number of Topliss-reactive ketones (excluding diaryl/α,β-unsaturated/α-hetero) is 1. The van der Waals surface area contributed by atoms with Crippen molar-refractivity contribution in [1.82, 2.24) is 5.32 Å². The van der Waals surface area contributed by atoms with Gasteiger partial charge in [0.1, 0.15) is 29.5 Å². The number of aliphatic hydroxyl groups is 3. The summed E-state index contributed by atoms with van der Waals surface area (Å²) in [6.07, 6.45) is -9.76. The van der Waals surface area contributed by atoms with E-state index in [1.54, 1.807) is 82.3 Å². The van der Waals surface area contributed by atoms with Crippen molar-refractivity contribution in [1.29, 1.82) is 0 Å². The smallest absolute Gasteiger partial charge is 0.408 e. The van der Waals surface area contributed by atoms with Crippen molar-refractivity contribution in [2.24, 2.45) is 16.7 Å². The van der Waals surface area contributed by atoms with Crippen molar-refractivity contribution >= 4 is 35.8 Å². The Hall–Kier alpha value is -5.42. The van der Waals surface area contributed by atoms with Crippen molar-refractivity contribution < 1.29 is 72.5 Å². The van der Waals surface area contributed by atoms with Crippen LogP contribution in [0.2, 0.25) is 0 Å². The molecule has 1 heterocycles. The van der Waals surface area contributed by atoms with E-state index in [0.717, 1.165) is 13.8 Å². The highest BCUT2D eigenvalue weighted by Crippen LogP contribution is 2.64. The van der Waals surface area contributed by atoms with Gasteiger partial charge in [0.15, 0.2) is 23.6 Å². The van der Waals surface area contributed by atoms with E-state index < -0.39 is 118 Å². The van der Waals surface area contributed by atoms with Gasteiger partial charge in [-0.05, 0) is 56.5 Å². The van der Waals surface area contributed by atoms with Crippen molar-refractivity contribution in [2.75, 3.05) is 6.61 Å². The summed E-state index contributed by atoms with van der Waals surface area (Å²) >= 11 is 0. The molecule has 0 radical (unpaired) electrons. The lowest BCUT2D eigenvalue weighted by Gasteiger charge is -2.67. The first-order valence-electron chi connectivity index (χ1n) is 20.9. The van der Waals surface area contributed by atoms with Gasteiger partial charge in [0.2, 0.25) is 0 Å². The maximum absolute atomic E-state index is 15.5. The second kappa shape index (κ2) is 17.3. The summed E-state index contributed by atoms with van der Waals surface area (Å²) < 4.78 is 35.8. The molecule has 340 valence electrons. The van der Waals surface area contributed by atoms with Gasteiger partial charge in [-0.15, -0.1) is 6.58 Å². The number of nitrogens with one attached hydrogen (secondary N) is 1. The Balaban J connectivity index is 1.52. The molecule has 4 N–H and O–H groups in total. The number of aliphatic hydroxyl groups excluding tert-OH is 2. The quantitative estimate of drug-likeness (QED) is 0.132. The highest BCUT2D eigenvalue weighted by atomic mass is 16.6. The SMILES string of the molecule is C=CCC(C)(C)OC(=O)N[C@@H](c1ccccc1)[C@@H](O)C(=O)O[C@H]1C[C@@]2(O)[C@@H](OC(=O)c3ccccc3)[C@@H]3[C@]4(OC(C)=O)CO[C@@H]4C[C@H](O)[C@@]3(C)C(=O)[C@H](OC(C)=O)C(=C1C)C2(C)C. The summed E-state index contributed by atoms with van der Waals surface area (Å²) in [4.78, 5) is 83.3. The molecular formula is C47H57NO15. The molecule has 2 bridgehead atoms. The van der Waals surface area contributed by atoms with E-state index in [9.17, 15) is 39.3 Å². The van der Waals surface area contributed by atoms with E-state index in [4.69, 9.17) is 28.4 Å². The Morgan fingerprint density at radius 2 is 1.59 bits per heavy atom. The highest BCUT2D eigenvalue weighted by molar-refractivity contribution is 5.95. The fourth-order valence-corrected chi connectivity index (χ4v) is 10.2. The van der Waals surface area contributed by atoms with Gasteiger partial charge < -0.3 is 49.1 Å². The van der Waals surface area contributed by atoms with E-state index in [2.05, 4.69) is 11.9 Å². The maximum atomic E-state index is 15.5. The fourth-order valence-electron chi connectivity index (χ4n) is 10.2. The molecule has 16 heteroatoms. The molecule has 3 fully saturated rings. The number of benzene rings is 2. The van der Waals surface area contributed by atoms with Crippen molar-refractivity contribution in [2.45, 2.75) is 134 Å². The zero-order valence-electron chi connectivity index (χ0n) is 36.7. The van der Waals surface area contributed by atoms with E-state index in [0.29, 0.717) is 12.0 Å². The summed E-state index contributed by atoms with van der Waals surface area (Å²) in [5, 5.41) is 40.1. The van der Waals surface area contributed by atoms with Crippen LogP contribution in [0.25, 0.3) is 0 Å². The number of hydrogen-bond donors (Lipinski definition) is 4. The lowest BCUT2D eigenvalue weighted by atomic mass is 9.44. The molecule has 1 amide bonds. The van der Waals surface area contributed by atoms with Gasteiger partial charge in [-0.2, -0.15) is 0 Å². The zero-order valence-corrected chi connectivity index (χ0v) is 36.7. The molecular weight excluding hydrogens is 819 g/mol. The molecule has 0 aromatic heterocycles. The van der Waals surface area contributed by atoms with Crippen LogP contribution < -0.4 is 5.32 Å². The first-order chi connectivity index (χ1) is 29.4. The van der Waals surface area contributed by atoms with Crippen LogP contribution >= 0.6 is 0 Å². The summed E-state index contributed by atoms with van der Waals surface area (Å²) in [5.74, 6) is -6.34. The molecule has 16 nitrogen and oxygen atoms in total. The lowest BCUT2D eigenvalue weighted by Crippen LogP contribution is -2.82. The number of fused-ring (bicyclic) bond motifs is 5. The molecule has 4 aliphatic rings. The Labute approximate surface area is 365 Å². The minimum absolute atomic E-state index is 0.0179. The average Bonchev–Trinajstić information content (AvgIpc) is 3.20. The molecule has 11 atom stereocenters.